The van der Waals surface area contributed by atoms with Gasteiger partial charge in [0.15, 0.2) is 0 Å². The lowest BCUT2D eigenvalue weighted by molar-refractivity contribution is -0.0880. The maximum Gasteiger partial charge on any atom is 0.0462 e. The van der Waals surface area contributed by atoms with Gasteiger partial charge in [-0.2, -0.15) is 0 Å². The fourth-order valence-corrected chi connectivity index (χ4v) is 8.50. The second-order valence-electron chi connectivity index (χ2n) is 11.8. The Labute approximate surface area is 174 Å². The summed E-state index contributed by atoms with van der Waals surface area (Å²) in [5.41, 5.74) is 0.952. The highest BCUT2D eigenvalue weighted by molar-refractivity contribution is 5.21. The van der Waals surface area contributed by atoms with Crippen LogP contribution in [0.5, 0.6) is 0 Å². The Bertz CT molecular complexity index is 618. The van der Waals surface area contributed by atoms with E-state index in [0.717, 1.165) is 29.6 Å². The van der Waals surface area contributed by atoms with E-state index in [9.17, 15) is 5.11 Å². The second-order valence-corrected chi connectivity index (χ2v) is 11.8. The zero-order chi connectivity index (χ0) is 20.1. The Morgan fingerprint density at radius 3 is 2.43 bits per heavy atom. The van der Waals surface area contributed by atoms with Gasteiger partial charge in [0.05, 0.1) is 0 Å². The van der Waals surface area contributed by atoms with Gasteiger partial charge in [-0.05, 0) is 103 Å². The normalized spacial score (nSPS) is 48.7. The van der Waals surface area contributed by atoms with E-state index < -0.39 is 0 Å². The molecule has 0 aromatic heterocycles. The van der Waals surface area contributed by atoms with E-state index in [0.29, 0.717) is 35.2 Å². The molecule has 1 heteroatoms. The molecule has 28 heavy (non-hydrogen) atoms. The van der Waals surface area contributed by atoms with Crippen molar-refractivity contribution in [2.45, 2.75) is 79.6 Å². The highest BCUT2D eigenvalue weighted by Gasteiger charge is 2.60. The maximum absolute atomic E-state index is 9.89. The van der Waals surface area contributed by atoms with Crippen LogP contribution < -0.4 is 0 Å². The van der Waals surface area contributed by atoms with Gasteiger partial charge in [-0.1, -0.05) is 58.9 Å². The molecule has 0 heterocycles. The molecule has 4 aliphatic carbocycles. The Hall–Kier alpha value is -0.560. The maximum atomic E-state index is 9.89. The third kappa shape index (κ3) is 3.15. The van der Waals surface area contributed by atoms with Crippen molar-refractivity contribution >= 4 is 0 Å². The first-order valence-corrected chi connectivity index (χ1v) is 12.3. The van der Waals surface area contributed by atoms with E-state index in [1.165, 1.54) is 44.9 Å². The molecule has 3 unspecified atom stereocenters. The van der Waals surface area contributed by atoms with Crippen molar-refractivity contribution in [2.24, 2.45) is 58.2 Å². The molecule has 3 fully saturated rings. The Balaban J connectivity index is 1.51. The third-order valence-corrected chi connectivity index (χ3v) is 10.00. The van der Waals surface area contributed by atoms with Gasteiger partial charge in [0.1, 0.15) is 0 Å². The van der Waals surface area contributed by atoms with Crippen LogP contribution in [0.4, 0.5) is 0 Å². The predicted octanol–water partition coefficient (Wildman–Crippen LogP) is 6.88. The summed E-state index contributed by atoms with van der Waals surface area (Å²) in [6, 6.07) is 0. The lowest BCUT2D eigenvalue weighted by Gasteiger charge is -2.58. The molecular weight excluding hydrogens is 340 g/mol. The van der Waals surface area contributed by atoms with Crippen molar-refractivity contribution in [2.75, 3.05) is 6.61 Å². The lowest BCUT2D eigenvalue weighted by Crippen LogP contribution is -2.51. The molecule has 1 nitrogen and oxygen atoms in total. The highest BCUT2D eigenvalue weighted by Crippen LogP contribution is 2.68. The van der Waals surface area contributed by atoms with Crippen LogP contribution in [0, 0.1) is 58.2 Å². The van der Waals surface area contributed by atoms with E-state index in [1.807, 2.05) is 0 Å². The van der Waals surface area contributed by atoms with Crippen LogP contribution in [0.2, 0.25) is 0 Å². The van der Waals surface area contributed by atoms with Crippen LogP contribution in [-0.4, -0.2) is 11.7 Å². The molecule has 0 aromatic carbocycles. The fraction of sp³-hybridized carbons (Fsp3) is 0.852. The summed E-state index contributed by atoms with van der Waals surface area (Å²) < 4.78 is 0. The molecule has 0 aromatic rings. The number of hydrogen-bond donors (Lipinski definition) is 1. The van der Waals surface area contributed by atoms with Crippen molar-refractivity contribution < 1.29 is 5.11 Å². The van der Waals surface area contributed by atoms with Crippen molar-refractivity contribution in [3.05, 3.63) is 24.3 Å². The van der Waals surface area contributed by atoms with Gasteiger partial charge < -0.3 is 5.11 Å². The van der Waals surface area contributed by atoms with E-state index in [4.69, 9.17) is 0 Å². The van der Waals surface area contributed by atoms with Gasteiger partial charge in [0.25, 0.3) is 0 Å². The first kappa shape index (κ1) is 20.7. The number of rotatable bonds is 5. The molecule has 4 aliphatic rings. The SMILES string of the molecule is CC(C)C/C=C/[C@@H](C)[C@H]1C=CC2C3CC[C@H]4[C@@H](CO)CC[C@]4(C)C3CC[C@@]21C. The minimum absolute atomic E-state index is 0.418. The molecule has 3 saturated carbocycles. The summed E-state index contributed by atoms with van der Waals surface area (Å²) in [5.74, 6) is 6.02. The zero-order valence-electron chi connectivity index (χ0n) is 19.0. The Morgan fingerprint density at radius 2 is 1.71 bits per heavy atom. The Morgan fingerprint density at radius 1 is 0.964 bits per heavy atom. The topological polar surface area (TPSA) is 20.2 Å². The minimum atomic E-state index is 0.418. The monoisotopic (exact) mass is 384 g/mol. The van der Waals surface area contributed by atoms with Gasteiger partial charge >= 0.3 is 0 Å². The summed E-state index contributed by atoms with van der Waals surface area (Å²) in [4.78, 5) is 0. The Kier molecular flexibility index (Phi) is 5.62. The molecule has 0 aliphatic heterocycles. The second kappa shape index (κ2) is 7.60. The van der Waals surface area contributed by atoms with Gasteiger partial charge in [-0.25, -0.2) is 0 Å². The summed E-state index contributed by atoms with van der Waals surface area (Å²) in [5, 5.41) is 9.89. The van der Waals surface area contributed by atoms with Gasteiger partial charge in [-0.15, -0.1) is 0 Å². The molecule has 0 saturated heterocycles. The van der Waals surface area contributed by atoms with E-state index in [1.54, 1.807) is 0 Å². The smallest absolute Gasteiger partial charge is 0.0462 e. The van der Waals surface area contributed by atoms with Gasteiger partial charge in [-0.3, -0.25) is 0 Å². The molecule has 0 spiro atoms. The van der Waals surface area contributed by atoms with Crippen LogP contribution in [0.1, 0.15) is 79.6 Å². The van der Waals surface area contributed by atoms with Crippen molar-refractivity contribution in [3.8, 4) is 0 Å². The van der Waals surface area contributed by atoms with Crippen molar-refractivity contribution in [1.29, 1.82) is 0 Å². The molecule has 1 N–H and O–H groups in total. The lowest BCUT2D eigenvalue weighted by atomic mass is 9.46. The number of aliphatic hydroxyl groups is 1. The third-order valence-electron chi connectivity index (χ3n) is 10.00. The summed E-state index contributed by atoms with van der Waals surface area (Å²) >= 11 is 0. The first-order valence-electron chi connectivity index (χ1n) is 12.3. The molecular formula is C27H44O. The van der Waals surface area contributed by atoms with Crippen molar-refractivity contribution in [1.82, 2.24) is 0 Å². The number of allylic oxidation sites excluding steroid dienone is 4. The van der Waals surface area contributed by atoms with Crippen LogP contribution in [-0.2, 0) is 0 Å². The predicted molar refractivity (Wildman–Crippen MR) is 119 cm³/mol. The summed E-state index contributed by atoms with van der Waals surface area (Å²) in [7, 11) is 0. The first-order chi connectivity index (χ1) is 13.3. The zero-order valence-corrected chi connectivity index (χ0v) is 19.0. The van der Waals surface area contributed by atoms with Gasteiger partial charge in [0.2, 0.25) is 0 Å². The van der Waals surface area contributed by atoms with Crippen LogP contribution in [0.3, 0.4) is 0 Å². The van der Waals surface area contributed by atoms with Gasteiger partial charge in [0, 0.05) is 6.61 Å². The average molecular weight is 385 g/mol. The molecule has 9 atom stereocenters. The molecule has 0 bridgehead atoms. The standard InChI is InChI=1S/C27H44O/c1-18(2)7-6-8-19(3)22-11-12-24-21-9-10-23-20(17-28)13-15-27(23,5)25(21)14-16-26(22,24)4/h6,8,11-12,18-25,28H,7,9-10,13-17H2,1-5H3/b8-6+/t19-,20-,21?,22-,23+,24?,25?,26-,27+/m1/s1. The van der Waals surface area contributed by atoms with Crippen LogP contribution in [0.15, 0.2) is 24.3 Å². The minimum Gasteiger partial charge on any atom is -0.396 e. The van der Waals surface area contributed by atoms with Crippen LogP contribution >= 0.6 is 0 Å². The van der Waals surface area contributed by atoms with E-state index in [2.05, 4.69) is 58.9 Å². The molecule has 0 amide bonds. The highest BCUT2D eigenvalue weighted by atomic mass is 16.3. The fourth-order valence-electron chi connectivity index (χ4n) is 8.50. The summed E-state index contributed by atoms with van der Waals surface area (Å²) in [6.45, 7) is 12.7. The van der Waals surface area contributed by atoms with Crippen LogP contribution in [0.25, 0.3) is 0 Å². The quantitative estimate of drug-likeness (QED) is 0.512. The molecule has 158 valence electrons. The number of aliphatic hydroxyl groups excluding tert-OH is 1. The van der Waals surface area contributed by atoms with E-state index >= 15 is 0 Å². The largest absolute Gasteiger partial charge is 0.396 e. The summed E-state index contributed by atoms with van der Waals surface area (Å²) in [6.07, 6.45) is 19.6. The number of hydrogen-bond acceptors (Lipinski definition) is 1. The van der Waals surface area contributed by atoms with Crippen molar-refractivity contribution in [3.63, 3.8) is 0 Å². The van der Waals surface area contributed by atoms with E-state index in [-0.39, 0.29) is 0 Å². The molecule has 4 rings (SSSR count). The average Bonchev–Trinajstić information content (AvgIpc) is 3.17. The molecule has 0 radical (unpaired) electrons. The number of fused-ring (bicyclic) bond motifs is 5.